The SMILES string of the molecule is NCCCC[C@H](N)C(=O)O.N[C@@H](Cc1cnc[nH]1)C(=O)O.O=C(O)CNC(=O)CCCC[C@@H]1SC[C@@H]2NC(=O)N[C@@H]21. The van der Waals surface area contributed by atoms with Crippen molar-refractivity contribution in [3.05, 3.63) is 18.2 Å². The number of carbonyl (C=O) groups excluding carboxylic acids is 2. The van der Waals surface area contributed by atoms with Gasteiger partial charge >= 0.3 is 23.9 Å². The van der Waals surface area contributed by atoms with Crippen molar-refractivity contribution in [3.63, 3.8) is 0 Å². The Kier molecular flexibility index (Phi) is 17.1. The largest absolute Gasteiger partial charge is 0.480 e. The van der Waals surface area contributed by atoms with Crippen LogP contribution in [0.2, 0.25) is 0 Å². The van der Waals surface area contributed by atoms with Crippen molar-refractivity contribution in [2.45, 2.75) is 80.8 Å². The normalized spacial score (nSPS) is 20.1. The Bertz CT molecular complexity index is 967. The van der Waals surface area contributed by atoms with Crippen molar-refractivity contribution in [2.75, 3.05) is 18.8 Å². The van der Waals surface area contributed by atoms with Crippen LogP contribution in [-0.2, 0) is 25.6 Å². The smallest absolute Gasteiger partial charge is 0.322 e. The zero-order valence-corrected chi connectivity index (χ0v) is 23.6. The van der Waals surface area contributed by atoms with Crippen LogP contribution in [0.3, 0.4) is 0 Å². The summed E-state index contributed by atoms with van der Waals surface area (Å²) in [5.41, 5.74) is 16.4. The molecule has 17 heteroatoms. The highest BCUT2D eigenvalue weighted by Gasteiger charge is 2.42. The van der Waals surface area contributed by atoms with Crippen LogP contribution in [0, 0.1) is 0 Å². The molecule has 0 bridgehead atoms. The van der Waals surface area contributed by atoms with E-state index in [-0.39, 0.29) is 37.0 Å². The number of unbranched alkanes of at least 4 members (excludes halogenated alkanes) is 2. The second-order valence-corrected chi connectivity index (χ2v) is 10.8. The van der Waals surface area contributed by atoms with E-state index in [4.69, 9.17) is 32.5 Å². The minimum Gasteiger partial charge on any atom is -0.480 e. The highest BCUT2D eigenvalue weighted by atomic mass is 32.2. The molecule has 16 nitrogen and oxygen atoms in total. The molecule has 3 amide bonds. The lowest BCUT2D eigenvalue weighted by atomic mass is 10.0. The van der Waals surface area contributed by atoms with Crippen LogP contribution in [0.15, 0.2) is 12.5 Å². The van der Waals surface area contributed by atoms with Crippen LogP contribution in [0.25, 0.3) is 0 Å². The summed E-state index contributed by atoms with van der Waals surface area (Å²) in [6, 6.07) is -1.22. The van der Waals surface area contributed by atoms with Crippen LogP contribution in [-0.4, -0.2) is 103 Å². The summed E-state index contributed by atoms with van der Waals surface area (Å²) in [4.78, 5) is 59.7. The summed E-state index contributed by atoms with van der Waals surface area (Å²) < 4.78 is 0. The molecule has 13 N–H and O–H groups in total. The van der Waals surface area contributed by atoms with Gasteiger partial charge in [-0.05, 0) is 32.2 Å². The van der Waals surface area contributed by atoms with Gasteiger partial charge in [0.05, 0.1) is 18.4 Å². The van der Waals surface area contributed by atoms with Crippen molar-refractivity contribution in [1.82, 2.24) is 25.9 Å². The predicted octanol–water partition coefficient (Wildman–Crippen LogP) is -1.20. The maximum atomic E-state index is 11.3. The van der Waals surface area contributed by atoms with E-state index in [9.17, 15) is 24.0 Å². The van der Waals surface area contributed by atoms with Gasteiger partial charge in [0.1, 0.15) is 18.6 Å². The fourth-order valence-corrected chi connectivity index (χ4v) is 5.43. The number of aromatic nitrogens is 2. The molecule has 2 aliphatic rings. The Hall–Kier alpha value is -3.41. The molecule has 3 heterocycles. The number of amides is 3. The third-order valence-electron chi connectivity index (χ3n) is 6.12. The van der Waals surface area contributed by atoms with Crippen LogP contribution in [0.4, 0.5) is 4.79 Å². The minimum absolute atomic E-state index is 0.0849. The molecule has 2 saturated heterocycles. The Morgan fingerprint density at radius 3 is 2.34 bits per heavy atom. The van der Waals surface area contributed by atoms with Crippen LogP contribution in [0.5, 0.6) is 0 Å². The fourth-order valence-electron chi connectivity index (χ4n) is 3.89. The van der Waals surface area contributed by atoms with Gasteiger partial charge in [0.2, 0.25) is 5.91 Å². The summed E-state index contributed by atoms with van der Waals surface area (Å²) in [7, 11) is 0. The maximum Gasteiger partial charge on any atom is 0.322 e. The molecular weight excluding hydrogens is 560 g/mol. The first-order valence-corrected chi connectivity index (χ1v) is 14.3. The zero-order chi connectivity index (χ0) is 30.8. The molecule has 0 aliphatic carbocycles. The molecule has 5 atom stereocenters. The number of H-pyrrole nitrogens is 1. The quantitative estimate of drug-likeness (QED) is 0.0835. The molecule has 1 aromatic rings. The van der Waals surface area contributed by atoms with Crippen molar-refractivity contribution < 1.29 is 39.3 Å². The van der Waals surface area contributed by atoms with Crippen LogP contribution >= 0.6 is 11.8 Å². The highest BCUT2D eigenvalue weighted by Crippen LogP contribution is 2.33. The van der Waals surface area contributed by atoms with Gasteiger partial charge in [-0.15, -0.1) is 0 Å². The topological polar surface area (TPSA) is 289 Å². The molecule has 0 saturated carbocycles. The summed E-state index contributed by atoms with van der Waals surface area (Å²) in [6.45, 7) is 0.283. The number of hydrogen-bond acceptors (Lipinski definition) is 10. The predicted molar refractivity (Wildman–Crippen MR) is 151 cm³/mol. The van der Waals surface area contributed by atoms with Crippen molar-refractivity contribution in [3.8, 4) is 0 Å². The van der Waals surface area contributed by atoms with Gasteiger partial charge in [-0.3, -0.25) is 19.2 Å². The summed E-state index contributed by atoms with van der Waals surface area (Å²) in [5.74, 6) is -2.25. The van der Waals surface area contributed by atoms with Gasteiger partial charge < -0.3 is 53.5 Å². The monoisotopic (exact) mass is 602 g/mol. The highest BCUT2D eigenvalue weighted by molar-refractivity contribution is 8.00. The Morgan fingerprint density at radius 1 is 1.05 bits per heavy atom. The molecule has 3 rings (SSSR count). The number of aliphatic carboxylic acids is 3. The molecule has 2 aliphatic heterocycles. The van der Waals surface area contributed by atoms with Gasteiger partial charge in [0.15, 0.2) is 0 Å². The third kappa shape index (κ3) is 15.2. The van der Waals surface area contributed by atoms with Crippen LogP contribution < -0.4 is 33.2 Å². The average Bonchev–Trinajstić information content (AvgIpc) is 3.64. The number of carboxylic acid groups (broad SMARTS) is 3. The lowest BCUT2D eigenvalue weighted by Crippen LogP contribution is -2.36. The van der Waals surface area contributed by atoms with Gasteiger partial charge in [0, 0.05) is 35.7 Å². The number of urea groups is 1. The van der Waals surface area contributed by atoms with Gasteiger partial charge in [0.25, 0.3) is 0 Å². The van der Waals surface area contributed by atoms with Crippen molar-refractivity contribution in [1.29, 1.82) is 0 Å². The van der Waals surface area contributed by atoms with E-state index in [1.807, 2.05) is 11.8 Å². The van der Waals surface area contributed by atoms with E-state index in [1.165, 1.54) is 6.33 Å². The van der Waals surface area contributed by atoms with Crippen molar-refractivity contribution >= 4 is 41.6 Å². The molecule has 0 radical (unpaired) electrons. The molecule has 232 valence electrons. The second-order valence-electron chi connectivity index (χ2n) is 9.49. The van der Waals surface area contributed by atoms with Gasteiger partial charge in [-0.1, -0.05) is 12.8 Å². The molecule has 1 aromatic heterocycles. The van der Waals surface area contributed by atoms with E-state index in [0.717, 1.165) is 43.6 Å². The molecule has 41 heavy (non-hydrogen) atoms. The molecule has 2 fully saturated rings. The number of nitrogens with two attached hydrogens (primary N) is 3. The number of imidazole rings is 1. The Labute approximate surface area is 242 Å². The molecule has 0 spiro atoms. The first-order chi connectivity index (χ1) is 19.4. The average molecular weight is 603 g/mol. The van der Waals surface area contributed by atoms with Gasteiger partial charge in [-0.2, -0.15) is 11.8 Å². The molecule has 0 unspecified atom stereocenters. The second kappa shape index (κ2) is 19.6. The number of hydrogen-bond donors (Lipinski definition) is 10. The number of rotatable bonds is 15. The van der Waals surface area contributed by atoms with E-state index < -0.39 is 30.0 Å². The maximum absolute atomic E-state index is 11.3. The summed E-state index contributed by atoms with van der Waals surface area (Å²) in [6.07, 6.45) is 8.45. The first-order valence-electron chi connectivity index (χ1n) is 13.3. The van der Waals surface area contributed by atoms with E-state index in [2.05, 4.69) is 25.9 Å². The number of nitrogens with one attached hydrogen (secondary N) is 4. The molecular formula is C24H42N8O8S. The van der Waals surface area contributed by atoms with E-state index in [0.29, 0.717) is 24.6 Å². The fraction of sp³-hybridized carbons (Fsp3) is 0.667. The zero-order valence-electron chi connectivity index (χ0n) is 22.8. The lowest BCUT2D eigenvalue weighted by molar-refractivity contribution is -0.139. The lowest BCUT2D eigenvalue weighted by Gasteiger charge is -2.16. The molecule has 0 aromatic carbocycles. The number of nitrogens with zero attached hydrogens (tertiary/aromatic N) is 1. The number of carboxylic acids is 3. The summed E-state index contributed by atoms with van der Waals surface area (Å²) >= 11 is 1.85. The number of carbonyl (C=O) groups is 5. The third-order valence-corrected chi connectivity index (χ3v) is 7.62. The minimum atomic E-state index is -1.03. The van der Waals surface area contributed by atoms with Crippen LogP contribution in [0.1, 0.15) is 50.6 Å². The standard InChI is InChI=1S/C12H19N3O4S.C6H9N3O2.C6H14N2O2/c16-9(13-5-10(17)18)4-2-1-3-8-11-7(6-20-8)14-12(19)15-11;7-5(6(10)11)1-4-2-8-3-9-4;7-4-2-1-3-5(8)6(9)10/h7-8,11H,1-6H2,(H,13,16)(H,17,18)(H2,14,15,19);2-3,5H,1,7H2,(H,8,9)(H,10,11);5H,1-4,7-8H2,(H,9,10)/t7-,8-,11-;2*5-/m000/s1. The summed E-state index contributed by atoms with van der Waals surface area (Å²) in [5, 5.41) is 33.7. The number of fused-ring (bicyclic) bond motifs is 1. The first kappa shape index (κ1) is 35.6. The Balaban J connectivity index is 0.000000340. The van der Waals surface area contributed by atoms with E-state index in [1.54, 1.807) is 6.20 Å². The Morgan fingerprint density at radius 2 is 1.76 bits per heavy atom. The number of thioether (sulfide) groups is 1. The van der Waals surface area contributed by atoms with E-state index >= 15 is 0 Å². The number of aromatic amines is 1. The van der Waals surface area contributed by atoms with Gasteiger partial charge in [-0.25, -0.2) is 9.78 Å². The van der Waals surface area contributed by atoms with Crippen molar-refractivity contribution in [2.24, 2.45) is 17.2 Å².